The molecule has 1 N–H and O–H groups in total. The Bertz CT molecular complexity index is 1010. The van der Waals surface area contributed by atoms with Gasteiger partial charge in [-0.05, 0) is 42.0 Å². The summed E-state index contributed by atoms with van der Waals surface area (Å²) in [5, 5.41) is 10.1. The minimum Gasteiger partial charge on any atom is -0.507 e. The fourth-order valence-electron chi connectivity index (χ4n) is 2.73. The van der Waals surface area contributed by atoms with Crippen molar-refractivity contribution in [2.45, 2.75) is 6.61 Å². The number of hydrogen-bond donors (Lipinski definition) is 1. The molecule has 29 heavy (non-hydrogen) atoms. The summed E-state index contributed by atoms with van der Waals surface area (Å²) < 4.78 is 16.2. The van der Waals surface area contributed by atoms with Crippen molar-refractivity contribution < 1.29 is 24.1 Å². The maximum absolute atomic E-state index is 12.8. The molecule has 0 heterocycles. The van der Waals surface area contributed by atoms with Gasteiger partial charge in [0.2, 0.25) is 0 Å². The fraction of sp³-hybridized carbons (Fsp3) is 0.125. The van der Waals surface area contributed by atoms with E-state index >= 15 is 0 Å². The highest BCUT2D eigenvalue weighted by atomic mass is 16.5. The molecule has 0 radical (unpaired) electrons. The van der Waals surface area contributed by atoms with Crippen LogP contribution in [0.15, 0.2) is 72.8 Å². The molecule has 5 heteroatoms. The quantitative estimate of drug-likeness (QED) is 0.438. The van der Waals surface area contributed by atoms with E-state index in [2.05, 4.69) is 0 Å². The molecule has 0 saturated carbocycles. The zero-order valence-electron chi connectivity index (χ0n) is 16.3. The molecular formula is C24H22O5. The average molecular weight is 390 g/mol. The van der Waals surface area contributed by atoms with Crippen LogP contribution in [0.1, 0.15) is 21.5 Å². The minimum atomic E-state index is -0.245. The molecule has 3 aromatic rings. The first-order valence-electron chi connectivity index (χ1n) is 9.05. The van der Waals surface area contributed by atoms with E-state index in [-0.39, 0.29) is 11.5 Å². The topological polar surface area (TPSA) is 65.0 Å². The summed E-state index contributed by atoms with van der Waals surface area (Å²) in [5.41, 5.74) is 1.91. The predicted octanol–water partition coefficient (Wildman–Crippen LogP) is 4.88. The maximum Gasteiger partial charge on any atom is 0.189 e. The lowest BCUT2D eigenvalue weighted by atomic mass is 10.1. The van der Waals surface area contributed by atoms with Gasteiger partial charge in [0, 0.05) is 17.7 Å². The molecule has 0 spiro atoms. The molecule has 0 aliphatic rings. The van der Waals surface area contributed by atoms with Gasteiger partial charge in [0.05, 0.1) is 19.8 Å². The number of carbonyl (C=O) groups excluding carboxylic acids is 1. The molecule has 0 saturated heterocycles. The molecule has 3 aromatic carbocycles. The molecule has 3 rings (SSSR count). The van der Waals surface area contributed by atoms with Crippen LogP contribution >= 0.6 is 0 Å². The Morgan fingerprint density at radius 3 is 2.31 bits per heavy atom. The van der Waals surface area contributed by atoms with Crippen molar-refractivity contribution >= 4 is 11.9 Å². The molecule has 0 aliphatic carbocycles. The van der Waals surface area contributed by atoms with Gasteiger partial charge in [-0.1, -0.05) is 30.3 Å². The molecule has 0 atom stereocenters. The number of phenolic OH excluding ortho intramolecular Hbond substituents is 1. The lowest BCUT2D eigenvalue weighted by Gasteiger charge is -2.12. The summed E-state index contributed by atoms with van der Waals surface area (Å²) in [6.45, 7) is 0.331. The molecule has 0 bridgehead atoms. The van der Waals surface area contributed by atoms with Gasteiger partial charge in [0.25, 0.3) is 0 Å². The third-order valence-corrected chi connectivity index (χ3v) is 4.34. The smallest absolute Gasteiger partial charge is 0.189 e. The monoisotopic (exact) mass is 390 g/mol. The Kier molecular flexibility index (Phi) is 6.53. The third kappa shape index (κ3) is 5.17. The van der Waals surface area contributed by atoms with Crippen LogP contribution in [-0.2, 0) is 6.61 Å². The van der Waals surface area contributed by atoms with E-state index in [4.69, 9.17) is 14.2 Å². The summed E-state index contributed by atoms with van der Waals surface area (Å²) in [5.74, 6) is 1.36. The predicted molar refractivity (Wildman–Crippen MR) is 112 cm³/mol. The molecule has 5 nitrogen and oxygen atoms in total. The third-order valence-electron chi connectivity index (χ3n) is 4.34. The van der Waals surface area contributed by atoms with Gasteiger partial charge >= 0.3 is 0 Å². The Hall–Kier alpha value is -3.73. The second kappa shape index (κ2) is 9.46. The molecule has 0 aromatic heterocycles. The lowest BCUT2D eigenvalue weighted by Crippen LogP contribution is -2.03. The number of phenols is 1. The summed E-state index contributed by atoms with van der Waals surface area (Å²) in [6, 6.07) is 19.7. The number of benzene rings is 3. The van der Waals surface area contributed by atoms with Crippen LogP contribution in [0.3, 0.4) is 0 Å². The van der Waals surface area contributed by atoms with E-state index in [0.717, 1.165) is 5.56 Å². The minimum absolute atomic E-state index is 0.0312. The number of methoxy groups -OCH3 is 2. The van der Waals surface area contributed by atoms with Crippen molar-refractivity contribution in [2.75, 3.05) is 14.2 Å². The first kappa shape index (κ1) is 20.0. The zero-order chi connectivity index (χ0) is 20.6. The number of aromatic hydroxyl groups is 1. The largest absolute Gasteiger partial charge is 0.507 e. The number of carbonyl (C=O) groups is 1. The number of rotatable bonds is 8. The van der Waals surface area contributed by atoms with Crippen LogP contribution < -0.4 is 14.2 Å². The van der Waals surface area contributed by atoms with Crippen molar-refractivity contribution in [3.8, 4) is 23.0 Å². The van der Waals surface area contributed by atoms with Crippen LogP contribution in [-0.4, -0.2) is 25.1 Å². The van der Waals surface area contributed by atoms with Crippen molar-refractivity contribution in [2.24, 2.45) is 0 Å². The number of hydrogen-bond acceptors (Lipinski definition) is 5. The van der Waals surface area contributed by atoms with E-state index in [0.29, 0.717) is 35.0 Å². The van der Waals surface area contributed by atoms with Crippen LogP contribution in [0.25, 0.3) is 6.08 Å². The van der Waals surface area contributed by atoms with Crippen LogP contribution in [0.2, 0.25) is 0 Å². The van der Waals surface area contributed by atoms with Crippen molar-refractivity contribution in [3.63, 3.8) is 0 Å². The van der Waals surface area contributed by atoms with Crippen molar-refractivity contribution in [1.29, 1.82) is 0 Å². The Morgan fingerprint density at radius 1 is 0.931 bits per heavy atom. The van der Waals surface area contributed by atoms with E-state index < -0.39 is 0 Å². The molecular weight excluding hydrogens is 368 g/mol. The van der Waals surface area contributed by atoms with Crippen molar-refractivity contribution in [1.82, 2.24) is 0 Å². The number of allylic oxidation sites excluding steroid dienone is 1. The summed E-state index contributed by atoms with van der Waals surface area (Å²) in [4.78, 5) is 12.8. The molecule has 148 valence electrons. The summed E-state index contributed by atoms with van der Waals surface area (Å²) >= 11 is 0. The molecule has 0 fully saturated rings. The highest BCUT2D eigenvalue weighted by Gasteiger charge is 2.12. The number of ketones is 1. The van der Waals surface area contributed by atoms with Gasteiger partial charge in [0.1, 0.15) is 29.6 Å². The fourth-order valence-corrected chi connectivity index (χ4v) is 2.73. The molecule has 0 unspecified atom stereocenters. The number of ether oxygens (including phenoxy) is 3. The second-order valence-electron chi connectivity index (χ2n) is 6.26. The lowest BCUT2D eigenvalue weighted by molar-refractivity contribution is 0.104. The van der Waals surface area contributed by atoms with E-state index in [1.165, 1.54) is 19.3 Å². The first-order chi connectivity index (χ1) is 14.1. The van der Waals surface area contributed by atoms with Crippen LogP contribution in [0, 0.1) is 0 Å². The van der Waals surface area contributed by atoms with E-state index in [1.54, 1.807) is 43.5 Å². The first-order valence-corrected chi connectivity index (χ1v) is 9.05. The zero-order valence-corrected chi connectivity index (χ0v) is 16.3. The maximum atomic E-state index is 12.8. The SMILES string of the molecule is COc1ccc(C=CC(=O)c2ccc(OC)cc2OCc2ccccc2)c(O)c1. The Balaban J connectivity index is 1.82. The van der Waals surface area contributed by atoms with E-state index in [9.17, 15) is 9.90 Å². The summed E-state index contributed by atoms with van der Waals surface area (Å²) in [7, 11) is 3.08. The van der Waals surface area contributed by atoms with Crippen LogP contribution in [0.4, 0.5) is 0 Å². The summed E-state index contributed by atoms with van der Waals surface area (Å²) in [6.07, 6.45) is 2.96. The van der Waals surface area contributed by atoms with Gasteiger partial charge in [-0.25, -0.2) is 0 Å². The highest BCUT2D eigenvalue weighted by molar-refractivity contribution is 6.08. The Labute approximate surface area is 169 Å². The average Bonchev–Trinajstić information content (AvgIpc) is 2.77. The highest BCUT2D eigenvalue weighted by Crippen LogP contribution is 2.28. The van der Waals surface area contributed by atoms with Gasteiger partial charge in [0.15, 0.2) is 5.78 Å². The van der Waals surface area contributed by atoms with Gasteiger partial charge in [-0.3, -0.25) is 4.79 Å². The molecule has 0 amide bonds. The Morgan fingerprint density at radius 2 is 1.62 bits per heavy atom. The van der Waals surface area contributed by atoms with Crippen LogP contribution in [0.5, 0.6) is 23.0 Å². The molecule has 0 aliphatic heterocycles. The van der Waals surface area contributed by atoms with E-state index in [1.807, 2.05) is 30.3 Å². The van der Waals surface area contributed by atoms with Gasteiger partial charge < -0.3 is 19.3 Å². The van der Waals surface area contributed by atoms with Gasteiger partial charge in [-0.2, -0.15) is 0 Å². The normalized spacial score (nSPS) is 10.7. The standard InChI is InChI=1S/C24H22O5/c1-27-19-10-8-18(23(26)14-19)9-13-22(25)21-12-11-20(28-2)15-24(21)29-16-17-6-4-3-5-7-17/h3-15,26H,16H2,1-2H3. The van der Waals surface area contributed by atoms with Gasteiger partial charge in [-0.15, -0.1) is 0 Å². The van der Waals surface area contributed by atoms with Crippen molar-refractivity contribution in [3.05, 3.63) is 89.5 Å². The second-order valence-corrected chi connectivity index (χ2v) is 6.26.